The lowest BCUT2D eigenvalue weighted by Crippen LogP contribution is -2.48. The summed E-state index contributed by atoms with van der Waals surface area (Å²) in [5, 5.41) is 18.0. The Kier molecular flexibility index (Phi) is 4.93. The Morgan fingerprint density at radius 2 is 2.11 bits per heavy atom. The van der Waals surface area contributed by atoms with Gasteiger partial charge in [-0.25, -0.2) is 8.42 Å². The molecule has 0 aromatic carbocycles. The van der Waals surface area contributed by atoms with Crippen molar-refractivity contribution in [2.75, 3.05) is 12.3 Å². The van der Waals surface area contributed by atoms with Crippen LogP contribution in [-0.2, 0) is 14.8 Å². The number of hydrogen-bond acceptors (Lipinski definition) is 4. The van der Waals surface area contributed by atoms with E-state index >= 15 is 0 Å². The summed E-state index contributed by atoms with van der Waals surface area (Å²) in [7, 11) is -3.62. The first kappa shape index (κ1) is 15.9. The Labute approximate surface area is 114 Å². The van der Waals surface area contributed by atoms with Crippen molar-refractivity contribution in [2.24, 2.45) is 5.41 Å². The SMILES string of the molecule is CC(C)(C#N)CCS(=O)(=O)N1CCCCC1C(=O)O. The third kappa shape index (κ3) is 4.18. The molecule has 1 saturated heterocycles. The number of carbonyl (C=O) groups is 1. The number of sulfonamides is 1. The minimum absolute atomic E-state index is 0.183. The molecule has 7 heteroatoms. The van der Waals surface area contributed by atoms with Gasteiger partial charge in [-0.15, -0.1) is 0 Å². The molecule has 1 heterocycles. The zero-order valence-corrected chi connectivity index (χ0v) is 12.1. The molecule has 19 heavy (non-hydrogen) atoms. The van der Waals surface area contributed by atoms with Gasteiger partial charge in [0.1, 0.15) is 6.04 Å². The van der Waals surface area contributed by atoms with Crippen LogP contribution < -0.4 is 0 Å². The van der Waals surface area contributed by atoms with Crippen LogP contribution in [0.25, 0.3) is 0 Å². The second kappa shape index (κ2) is 5.88. The van der Waals surface area contributed by atoms with Crippen molar-refractivity contribution in [3.05, 3.63) is 0 Å². The summed E-state index contributed by atoms with van der Waals surface area (Å²) in [6.07, 6.45) is 1.97. The van der Waals surface area contributed by atoms with E-state index in [2.05, 4.69) is 6.07 Å². The molecule has 0 aromatic heterocycles. The van der Waals surface area contributed by atoms with E-state index in [0.29, 0.717) is 12.8 Å². The topological polar surface area (TPSA) is 98.5 Å². The molecule has 0 bridgehead atoms. The van der Waals surface area contributed by atoms with Crippen LogP contribution in [-0.4, -0.2) is 42.1 Å². The number of rotatable bonds is 5. The summed E-state index contributed by atoms with van der Waals surface area (Å²) < 4.78 is 25.5. The molecular formula is C12H20N2O4S. The van der Waals surface area contributed by atoms with E-state index in [4.69, 9.17) is 10.4 Å². The molecule has 1 atom stereocenters. The van der Waals surface area contributed by atoms with Crippen molar-refractivity contribution in [3.8, 4) is 6.07 Å². The van der Waals surface area contributed by atoms with E-state index in [-0.39, 0.29) is 18.7 Å². The van der Waals surface area contributed by atoms with Gasteiger partial charge in [-0.1, -0.05) is 0 Å². The molecule has 0 aromatic rings. The normalized spacial score (nSPS) is 21.8. The van der Waals surface area contributed by atoms with Crippen molar-refractivity contribution < 1.29 is 18.3 Å². The van der Waals surface area contributed by atoms with Gasteiger partial charge in [0.15, 0.2) is 0 Å². The fraction of sp³-hybridized carbons (Fsp3) is 0.833. The molecule has 0 aliphatic carbocycles. The Bertz CT molecular complexity index is 478. The molecule has 1 aliphatic heterocycles. The summed E-state index contributed by atoms with van der Waals surface area (Å²) in [5.41, 5.74) is -0.721. The third-order valence-electron chi connectivity index (χ3n) is 3.38. The molecule has 0 radical (unpaired) electrons. The Balaban J connectivity index is 2.81. The number of nitriles is 1. The molecule has 0 amide bonds. The number of piperidine rings is 1. The van der Waals surface area contributed by atoms with E-state index in [1.54, 1.807) is 13.8 Å². The lowest BCUT2D eigenvalue weighted by molar-refractivity contribution is -0.142. The predicted octanol–water partition coefficient (Wildman–Crippen LogP) is 1.20. The Morgan fingerprint density at radius 1 is 1.47 bits per heavy atom. The maximum Gasteiger partial charge on any atom is 0.322 e. The fourth-order valence-electron chi connectivity index (χ4n) is 2.04. The first-order valence-electron chi connectivity index (χ1n) is 6.33. The van der Waals surface area contributed by atoms with E-state index in [1.807, 2.05) is 0 Å². The Hall–Kier alpha value is -1.13. The summed E-state index contributed by atoms with van der Waals surface area (Å²) >= 11 is 0. The highest BCUT2D eigenvalue weighted by Crippen LogP contribution is 2.25. The average Bonchev–Trinajstić information content (AvgIpc) is 2.37. The quantitative estimate of drug-likeness (QED) is 0.819. The molecule has 0 saturated carbocycles. The first-order chi connectivity index (χ1) is 8.69. The highest BCUT2D eigenvalue weighted by molar-refractivity contribution is 7.89. The van der Waals surface area contributed by atoms with Gasteiger partial charge in [-0.05, 0) is 39.5 Å². The maximum atomic E-state index is 12.2. The maximum absolute atomic E-state index is 12.2. The predicted molar refractivity (Wildman–Crippen MR) is 69.8 cm³/mol. The van der Waals surface area contributed by atoms with Gasteiger partial charge in [0.25, 0.3) is 0 Å². The fourth-order valence-corrected chi connectivity index (χ4v) is 4.04. The molecule has 6 nitrogen and oxygen atoms in total. The van der Waals surface area contributed by atoms with Crippen LogP contribution in [0.15, 0.2) is 0 Å². The highest BCUT2D eigenvalue weighted by atomic mass is 32.2. The van der Waals surface area contributed by atoms with Gasteiger partial charge < -0.3 is 5.11 Å². The van der Waals surface area contributed by atoms with Gasteiger partial charge in [-0.2, -0.15) is 9.57 Å². The molecule has 1 N–H and O–H groups in total. The van der Waals surface area contributed by atoms with Crippen molar-refractivity contribution >= 4 is 16.0 Å². The van der Waals surface area contributed by atoms with Crippen LogP contribution >= 0.6 is 0 Å². The van der Waals surface area contributed by atoms with E-state index in [1.165, 1.54) is 0 Å². The smallest absolute Gasteiger partial charge is 0.322 e. The monoisotopic (exact) mass is 288 g/mol. The molecule has 1 unspecified atom stereocenters. The second-order valence-corrected chi connectivity index (χ2v) is 7.56. The van der Waals surface area contributed by atoms with Crippen LogP contribution in [0.4, 0.5) is 0 Å². The van der Waals surface area contributed by atoms with Gasteiger partial charge in [0, 0.05) is 6.54 Å². The van der Waals surface area contributed by atoms with Gasteiger partial charge in [0.2, 0.25) is 10.0 Å². The van der Waals surface area contributed by atoms with Crippen LogP contribution in [0.3, 0.4) is 0 Å². The summed E-state index contributed by atoms with van der Waals surface area (Å²) in [4.78, 5) is 11.1. The van der Waals surface area contributed by atoms with Crippen LogP contribution in [0.1, 0.15) is 39.5 Å². The molecule has 108 valence electrons. The van der Waals surface area contributed by atoms with Gasteiger partial charge in [0.05, 0.1) is 17.2 Å². The summed E-state index contributed by atoms with van der Waals surface area (Å²) in [5.74, 6) is -1.28. The standard InChI is InChI=1S/C12H20N2O4S/c1-12(2,9-13)6-8-19(17,18)14-7-4-3-5-10(14)11(15)16/h10H,3-8H2,1-2H3,(H,15,16). The third-order valence-corrected chi connectivity index (χ3v) is 5.26. The largest absolute Gasteiger partial charge is 0.480 e. The second-order valence-electron chi connectivity index (χ2n) is 5.52. The molecule has 1 fully saturated rings. The lowest BCUT2D eigenvalue weighted by atomic mass is 9.93. The number of hydrogen-bond donors (Lipinski definition) is 1. The van der Waals surface area contributed by atoms with Crippen molar-refractivity contribution in [2.45, 2.75) is 45.6 Å². The summed E-state index contributed by atoms with van der Waals surface area (Å²) in [6.45, 7) is 3.60. The van der Waals surface area contributed by atoms with Gasteiger partial charge in [-0.3, -0.25) is 4.79 Å². The number of aliphatic carboxylic acids is 1. The van der Waals surface area contributed by atoms with Crippen molar-refractivity contribution in [1.82, 2.24) is 4.31 Å². The van der Waals surface area contributed by atoms with Crippen molar-refractivity contribution in [1.29, 1.82) is 5.26 Å². The zero-order valence-electron chi connectivity index (χ0n) is 11.3. The highest BCUT2D eigenvalue weighted by Gasteiger charge is 2.37. The number of carboxylic acids is 1. The molecule has 1 aliphatic rings. The number of nitrogens with zero attached hydrogens (tertiary/aromatic N) is 2. The average molecular weight is 288 g/mol. The van der Waals surface area contributed by atoms with Crippen LogP contribution in [0.5, 0.6) is 0 Å². The molecular weight excluding hydrogens is 268 g/mol. The zero-order chi connectivity index (χ0) is 14.7. The van der Waals surface area contributed by atoms with E-state index in [0.717, 1.165) is 10.7 Å². The molecule has 1 rings (SSSR count). The van der Waals surface area contributed by atoms with Gasteiger partial charge >= 0.3 is 5.97 Å². The van der Waals surface area contributed by atoms with Crippen molar-refractivity contribution in [3.63, 3.8) is 0 Å². The lowest BCUT2D eigenvalue weighted by Gasteiger charge is -2.32. The minimum Gasteiger partial charge on any atom is -0.480 e. The van der Waals surface area contributed by atoms with Crippen LogP contribution in [0.2, 0.25) is 0 Å². The summed E-state index contributed by atoms with van der Waals surface area (Å²) in [6, 6.07) is 1.10. The number of carboxylic acid groups (broad SMARTS) is 1. The molecule has 0 spiro atoms. The first-order valence-corrected chi connectivity index (χ1v) is 7.94. The van der Waals surface area contributed by atoms with E-state index < -0.39 is 27.4 Å². The Morgan fingerprint density at radius 3 is 2.63 bits per heavy atom. The minimum atomic E-state index is -3.62. The van der Waals surface area contributed by atoms with Crippen LogP contribution in [0, 0.1) is 16.7 Å². The van der Waals surface area contributed by atoms with E-state index in [9.17, 15) is 13.2 Å².